The van der Waals surface area contributed by atoms with Gasteiger partial charge in [0.25, 0.3) is 0 Å². The Balaban J connectivity index is 1.91. The summed E-state index contributed by atoms with van der Waals surface area (Å²) < 4.78 is 5.21. The van der Waals surface area contributed by atoms with E-state index in [0.717, 1.165) is 28.8 Å². The maximum atomic E-state index is 5.21. The number of rotatable bonds is 3. The summed E-state index contributed by atoms with van der Waals surface area (Å²) in [5, 5.41) is 1.09. The Kier molecular flexibility index (Phi) is 3.15. The Morgan fingerprint density at radius 3 is 2.89 bits per heavy atom. The third kappa shape index (κ3) is 2.58. The summed E-state index contributed by atoms with van der Waals surface area (Å²) in [7, 11) is 1.68. The SMILES string of the molecule is COc1ccc2nc(/C=C/C3=CCC=C3)ccc2c1. The van der Waals surface area contributed by atoms with E-state index in [2.05, 4.69) is 35.4 Å². The summed E-state index contributed by atoms with van der Waals surface area (Å²) in [5.74, 6) is 0.860. The molecule has 0 spiro atoms. The molecule has 0 amide bonds. The van der Waals surface area contributed by atoms with Gasteiger partial charge in [0, 0.05) is 5.39 Å². The highest BCUT2D eigenvalue weighted by molar-refractivity contribution is 5.81. The van der Waals surface area contributed by atoms with Crippen molar-refractivity contribution < 1.29 is 4.74 Å². The van der Waals surface area contributed by atoms with Crippen molar-refractivity contribution >= 4 is 17.0 Å². The molecule has 1 aromatic heterocycles. The van der Waals surface area contributed by atoms with Gasteiger partial charge in [0.1, 0.15) is 5.75 Å². The maximum Gasteiger partial charge on any atom is 0.119 e. The molecule has 3 rings (SSSR count). The van der Waals surface area contributed by atoms with Gasteiger partial charge in [0.15, 0.2) is 0 Å². The van der Waals surface area contributed by atoms with E-state index in [1.165, 1.54) is 5.57 Å². The largest absolute Gasteiger partial charge is 0.497 e. The molecule has 1 aromatic carbocycles. The number of pyridine rings is 1. The van der Waals surface area contributed by atoms with Crippen molar-refractivity contribution in [3.63, 3.8) is 0 Å². The number of benzene rings is 1. The first-order chi connectivity index (χ1) is 9.35. The summed E-state index contributed by atoms with van der Waals surface area (Å²) >= 11 is 0. The minimum absolute atomic E-state index is 0.860. The van der Waals surface area contributed by atoms with Crippen LogP contribution in [0.4, 0.5) is 0 Å². The van der Waals surface area contributed by atoms with Gasteiger partial charge in [0.05, 0.1) is 18.3 Å². The third-order valence-corrected chi connectivity index (χ3v) is 3.16. The second kappa shape index (κ2) is 5.11. The molecule has 19 heavy (non-hydrogen) atoms. The van der Waals surface area contributed by atoms with Gasteiger partial charge in [-0.15, -0.1) is 0 Å². The van der Waals surface area contributed by atoms with E-state index >= 15 is 0 Å². The molecule has 1 aliphatic rings. The molecule has 0 radical (unpaired) electrons. The van der Waals surface area contributed by atoms with E-state index < -0.39 is 0 Å². The van der Waals surface area contributed by atoms with Crippen molar-refractivity contribution in [3.8, 4) is 5.75 Å². The number of allylic oxidation sites excluding steroid dienone is 5. The molecule has 2 heteroatoms. The van der Waals surface area contributed by atoms with Gasteiger partial charge in [-0.25, -0.2) is 4.98 Å². The van der Waals surface area contributed by atoms with Crippen molar-refractivity contribution in [3.05, 3.63) is 65.9 Å². The highest BCUT2D eigenvalue weighted by Crippen LogP contribution is 2.20. The first-order valence-corrected chi connectivity index (χ1v) is 6.35. The summed E-state index contributed by atoms with van der Waals surface area (Å²) in [4.78, 5) is 4.62. The molecule has 1 aliphatic carbocycles. The predicted molar refractivity (Wildman–Crippen MR) is 79.2 cm³/mol. The fraction of sp³-hybridized carbons (Fsp3) is 0.118. The van der Waals surface area contributed by atoms with Gasteiger partial charge in [0.2, 0.25) is 0 Å². The summed E-state index contributed by atoms with van der Waals surface area (Å²) in [6, 6.07) is 10.0. The van der Waals surface area contributed by atoms with Crippen LogP contribution in [-0.2, 0) is 0 Å². The molecular weight excluding hydrogens is 234 g/mol. The van der Waals surface area contributed by atoms with Crippen LogP contribution in [0.3, 0.4) is 0 Å². The standard InChI is InChI=1S/C17H15NO/c1-19-16-10-11-17-14(12-16)7-9-15(18-17)8-6-13-4-2-3-5-13/h2,4-12H,3H2,1H3/b8-6+. The molecular formula is C17H15NO. The molecule has 0 saturated carbocycles. The third-order valence-electron chi connectivity index (χ3n) is 3.16. The van der Waals surface area contributed by atoms with Crippen LogP contribution < -0.4 is 4.74 Å². The van der Waals surface area contributed by atoms with Crippen LogP contribution in [0.5, 0.6) is 5.75 Å². The van der Waals surface area contributed by atoms with Gasteiger partial charge in [-0.1, -0.05) is 30.4 Å². The average Bonchev–Trinajstić information content (AvgIpc) is 2.97. The van der Waals surface area contributed by atoms with Crippen LogP contribution in [0.1, 0.15) is 12.1 Å². The Morgan fingerprint density at radius 1 is 1.16 bits per heavy atom. The van der Waals surface area contributed by atoms with Crippen molar-refractivity contribution in [1.82, 2.24) is 4.98 Å². The number of hydrogen-bond donors (Lipinski definition) is 0. The Labute approximate surface area is 112 Å². The fourth-order valence-corrected chi connectivity index (χ4v) is 2.12. The van der Waals surface area contributed by atoms with E-state index in [1.54, 1.807) is 7.11 Å². The zero-order chi connectivity index (χ0) is 13.1. The molecule has 1 heterocycles. The number of aromatic nitrogens is 1. The lowest BCUT2D eigenvalue weighted by molar-refractivity contribution is 0.415. The van der Waals surface area contributed by atoms with E-state index in [1.807, 2.05) is 30.3 Å². The van der Waals surface area contributed by atoms with Gasteiger partial charge in [-0.3, -0.25) is 0 Å². The number of methoxy groups -OCH3 is 1. The molecule has 0 N–H and O–H groups in total. The van der Waals surface area contributed by atoms with E-state index in [-0.39, 0.29) is 0 Å². The van der Waals surface area contributed by atoms with Crippen LogP contribution in [0.25, 0.3) is 17.0 Å². The van der Waals surface area contributed by atoms with Crippen LogP contribution >= 0.6 is 0 Å². The normalized spacial score (nSPS) is 14.3. The highest BCUT2D eigenvalue weighted by Gasteiger charge is 1.99. The number of fused-ring (bicyclic) bond motifs is 1. The first kappa shape index (κ1) is 11.7. The minimum Gasteiger partial charge on any atom is -0.497 e. The molecule has 0 bridgehead atoms. The van der Waals surface area contributed by atoms with Crippen molar-refractivity contribution in [2.75, 3.05) is 7.11 Å². The van der Waals surface area contributed by atoms with Crippen molar-refractivity contribution in [2.45, 2.75) is 6.42 Å². The molecule has 0 unspecified atom stereocenters. The zero-order valence-electron chi connectivity index (χ0n) is 10.8. The molecule has 0 fully saturated rings. The molecule has 0 atom stereocenters. The number of hydrogen-bond acceptors (Lipinski definition) is 2. The smallest absolute Gasteiger partial charge is 0.119 e. The van der Waals surface area contributed by atoms with Crippen LogP contribution in [0.15, 0.2) is 60.2 Å². The quantitative estimate of drug-likeness (QED) is 0.815. The first-order valence-electron chi connectivity index (χ1n) is 6.35. The lowest BCUT2D eigenvalue weighted by Gasteiger charge is -2.02. The van der Waals surface area contributed by atoms with Crippen molar-refractivity contribution in [2.24, 2.45) is 0 Å². The van der Waals surface area contributed by atoms with Crippen LogP contribution in [-0.4, -0.2) is 12.1 Å². The highest BCUT2D eigenvalue weighted by atomic mass is 16.5. The minimum atomic E-state index is 0.860. The number of nitrogens with zero attached hydrogens (tertiary/aromatic N) is 1. The van der Waals surface area contributed by atoms with Crippen molar-refractivity contribution in [1.29, 1.82) is 0 Å². The summed E-state index contributed by atoms with van der Waals surface area (Å²) in [6.07, 6.45) is 11.7. The topological polar surface area (TPSA) is 22.1 Å². The molecule has 0 aliphatic heterocycles. The zero-order valence-corrected chi connectivity index (χ0v) is 10.8. The average molecular weight is 249 g/mol. The maximum absolute atomic E-state index is 5.21. The number of ether oxygens (including phenoxy) is 1. The second-order valence-electron chi connectivity index (χ2n) is 4.47. The van der Waals surface area contributed by atoms with Gasteiger partial charge >= 0.3 is 0 Å². The Bertz CT molecular complexity index is 695. The van der Waals surface area contributed by atoms with Gasteiger partial charge < -0.3 is 4.74 Å². The molecule has 2 nitrogen and oxygen atoms in total. The fourth-order valence-electron chi connectivity index (χ4n) is 2.12. The lowest BCUT2D eigenvalue weighted by Crippen LogP contribution is -1.86. The summed E-state index contributed by atoms with van der Waals surface area (Å²) in [6.45, 7) is 0. The van der Waals surface area contributed by atoms with Crippen LogP contribution in [0, 0.1) is 0 Å². The van der Waals surface area contributed by atoms with Gasteiger partial charge in [-0.2, -0.15) is 0 Å². The predicted octanol–water partition coefficient (Wildman–Crippen LogP) is 4.14. The lowest BCUT2D eigenvalue weighted by atomic mass is 10.1. The molecule has 94 valence electrons. The van der Waals surface area contributed by atoms with E-state index in [4.69, 9.17) is 4.74 Å². The monoisotopic (exact) mass is 249 g/mol. The second-order valence-corrected chi connectivity index (χ2v) is 4.47. The van der Waals surface area contributed by atoms with Crippen LogP contribution in [0.2, 0.25) is 0 Å². The Morgan fingerprint density at radius 2 is 2.11 bits per heavy atom. The molecule has 0 saturated heterocycles. The Hall–Kier alpha value is -2.35. The molecule has 2 aromatic rings. The van der Waals surface area contributed by atoms with E-state index in [0.29, 0.717) is 0 Å². The van der Waals surface area contributed by atoms with E-state index in [9.17, 15) is 0 Å². The summed E-state index contributed by atoms with van der Waals surface area (Å²) in [5.41, 5.74) is 3.20. The van der Waals surface area contributed by atoms with Gasteiger partial charge in [-0.05, 0) is 42.3 Å².